The van der Waals surface area contributed by atoms with E-state index in [1.807, 2.05) is 0 Å². The quantitative estimate of drug-likeness (QED) is 0.374. The van der Waals surface area contributed by atoms with Crippen LogP contribution in [0.15, 0.2) is 72.2 Å². The van der Waals surface area contributed by atoms with Crippen molar-refractivity contribution in [3.05, 3.63) is 83.3 Å². The van der Waals surface area contributed by atoms with Crippen LogP contribution in [0.25, 0.3) is 11.1 Å². The molecule has 2 aromatic rings. The Hall–Kier alpha value is -3.88. The molecule has 0 aromatic heterocycles. The molecular weight excluding hydrogens is 416 g/mol. The van der Waals surface area contributed by atoms with E-state index in [0.717, 1.165) is 0 Å². The highest BCUT2D eigenvalue weighted by Crippen LogP contribution is 2.48. The van der Waals surface area contributed by atoms with Gasteiger partial charge in [0.25, 0.3) is 0 Å². The van der Waals surface area contributed by atoms with E-state index in [1.165, 1.54) is 60.7 Å². The Morgan fingerprint density at radius 2 is 1.22 bits per heavy atom. The molecule has 2 aromatic carbocycles. The van der Waals surface area contributed by atoms with Crippen molar-refractivity contribution in [2.75, 3.05) is 0 Å². The largest absolute Gasteiger partial charge is 0.508 e. The minimum atomic E-state index is -1.77. The van der Waals surface area contributed by atoms with Crippen LogP contribution in [-0.4, -0.2) is 45.1 Å². The molecule has 0 bridgehead atoms. The number of phenolic OH excluding ortho intramolecular Hbond substituents is 2. The van der Waals surface area contributed by atoms with Gasteiger partial charge in [-0.15, -0.1) is 0 Å². The van der Waals surface area contributed by atoms with E-state index in [2.05, 4.69) is 0 Å². The van der Waals surface area contributed by atoms with Gasteiger partial charge in [-0.2, -0.15) is 0 Å². The molecule has 162 valence electrons. The number of aliphatic hydroxyl groups is 1. The molecule has 1 aliphatic carbocycles. The second-order valence-electron chi connectivity index (χ2n) is 7.64. The fourth-order valence-corrected chi connectivity index (χ4v) is 3.80. The molecule has 2 atom stereocenters. The fourth-order valence-electron chi connectivity index (χ4n) is 3.80. The van der Waals surface area contributed by atoms with Crippen molar-refractivity contribution >= 4 is 22.7 Å². The lowest BCUT2D eigenvalue weighted by atomic mass is 9.85. The lowest BCUT2D eigenvalue weighted by Gasteiger charge is -2.32. The average molecular weight is 434 g/mol. The number of hydrogen-bond donors (Lipinski definition) is 3. The molecule has 8 heteroatoms. The van der Waals surface area contributed by atoms with Gasteiger partial charge in [0.2, 0.25) is 11.6 Å². The normalized spacial score (nSPS) is 23.9. The molecule has 2 aliphatic heterocycles. The second-order valence-corrected chi connectivity index (χ2v) is 7.64. The Morgan fingerprint density at radius 3 is 1.62 bits per heavy atom. The Labute approximate surface area is 182 Å². The van der Waals surface area contributed by atoms with E-state index in [4.69, 9.17) is 14.2 Å². The van der Waals surface area contributed by atoms with Crippen molar-refractivity contribution in [1.29, 1.82) is 0 Å². The molecule has 32 heavy (non-hydrogen) atoms. The summed E-state index contributed by atoms with van der Waals surface area (Å²) in [7, 11) is 0. The van der Waals surface area contributed by atoms with Gasteiger partial charge in [0.1, 0.15) is 11.5 Å². The van der Waals surface area contributed by atoms with Crippen LogP contribution >= 0.6 is 0 Å². The van der Waals surface area contributed by atoms with Crippen molar-refractivity contribution in [3.8, 4) is 11.5 Å². The number of phenols is 2. The number of fused-ring (bicyclic) bond motifs is 1. The molecule has 0 unspecified atom stereocenters. The summed E-state index contributed by atoms with van der Waals surface area (Å²) in [4.78, 5) is 26.4. The van der Waals surface area contributed by atoms with Gasteiger partial charge >= 0.3 is 5.97 Å². The summed E-state index contributed by atoms with van der Waals surface area (Å²) in [6.07, 6.45) is 1.28. The SMILES string of the molecule is C[C@H]1OC2(C=C[C@@H]1O)OC1=C(c3ccc(O)cc3)C(=O)C(=O)C(c3ccc(O)cc3)=C1O2. The summed E-state index contributed by atoms with van der Waals surface area (Å²) in [6.45, 7) is 1.63. The van der Waals surface area contributed by atoms with E-state index in [-0.39, 0.29) is 34.2 Å². The van der Waals surface area contributed by atoms with Crippen LogP contribution < -0.4 is 0 Å². The van der Waals surface area contributed by atoms with Gasteiger partial charge in [-0.3, -0.25) is 14.3 Å². The molecule has 5 rings (SSSR count). The van der Waals surface area contributed by atoms with Crippen molar-refractivity contribution < 1.29 is 39.1 Å². The first kappa shape index (κ1) is 20.0. The lowest BCUT2D eigenvalue weighted by Crippen LogP contribution is -2.42. The van der Waals surface area contributed by atoms with Gasteiger partial charge in [-0.1, -0.05) is 24.3 Å². The summed E-state index contributed by atoms with van der Waals surface area (Å²) in [5.41, 5.74) is 0.652. The first-order valence-electron chi connectivity index (χ1n) is 9.88. The Kier molecular flexibility index (Phi) is 4.44. The maximum Gasteiger partial charge on any atom is 0.394 e. The summed E-state index contributed by atoms with van der Waals surface area (Å²) in [6, 6.07) is 11.5. The predicted octanol–water partition coefficient (Wildman–Crippen LogP) is 2.41. The van der Waals surface area contributed by atoms with E-state index < -0.39 is 29.7 Å². The van der Waals surface area contributed by atoms with Gasteiger partial charge in [-0.25, -0.2) is 0 Å². The van der Waals surface area contributed by atoms with Crippen LogP contribution in [0.5, 0.6) is 11.5 Å². The zero-order valence-corrected chi connectivity index (χ0v) is 16.8. The van der Waals surface area contributed by atoms with Crippen molar-refractivity contribution in [3.63, 3.8) is 0 Å². The lowest BCUT2D eigenvalue weighted by molar-refractivity contribution is -0.314. The Morgan fingerprint density at radius 1 is 0.781 bits per heavy atom. The average Bonchev–Trinajstić information content (AvgIpc) is 3.12. The first-order valence-corrected chi connectivity index (χ1v) is 9.88. The molecule has 3 N–H and O–H groups in total. The van der Waals surface area contributed by atoms with Gasteiger partial charge < -0.3 is 24.8 Å². The molecule has 1 spiro atoms. The minimum Gasteiger partial charge on any atom is -0.508 e. The predicted molar refractivity (Wildman–Crippen MR) is 111 cm³/mol. The number of carbonyl (C=O) groups is 2. The smallest absolute Gasteiger partial charge is 0.394 e. The van der Waals surface area contributed by atoms with Crippen LogP contribution in [0.3, 0.4) is 0 Å². The van der Waals surface area contributed by atoms with Gasteiger partial charge in [0, 0.05) is 6.08 Å². The number of ether oxygens (including phenoxy) is 3. The molecule has 0 saturated carbocycles. The minimum absolute atomic E-state index is 0.00379. The number of Topliss-reactive ketones (excluding diaryl/α,β-unsaturated/α-hetero) is 2. The maximum absolute atomic E-state index is 13.2. The number of aliphatic hydroxyl groups excluding tert-OH is 1. The number of benzene rings is 2. The number of ketones is 2. The zero-order chi connectivity index (χ0) is 22.6. The van der Waals surface area contributed by atoms with E-state index >= 15 is 0 Å². The molecule has 3 aliphatic rings. The molecule has 1 saturated heterocycles. The maximum atomic E-state index is 13.2. The zero-order valence-electron chi connectivity index (χ0n) is 16.8. The van der Waals surface area contributed by atoms with Crippen LogP contribution in [0.1, 0.15) is 18.1 Å². The third kappa shape index (κ3) is 3.08. The molecule has 2 heterocycles. The van der Waals surface area contributed by atoms with E-state index in [1.54, 1.807) is 6.92 Å². The number of hydrogen-bond acceptors (Lipinski definition) is 8. The van der Waals surface area contributed by atoms with Crippen molar-refractivity contribution in [2.45, 2.75) is 25.1 Å². The monoisotopic (exact) mass is 434 g/mol. The highest BCUT2D eigenvalue weighted by atomic mass is 16.9. The third-order valence-electron chi connectivity index (χ3n) is 5.45. The Bertz CT molecular complexity index is 1140. The molecule has 0 radical (unpaired) electrons. The van der Waals surface area contributed by atoms with E-state index in [0.29, 0.717) is 11.1 Å². The van der Waals surface area contributed by atoms with Gasteiger partial charge in [-0.05, 0) is 48.4 Å². The molecule has 8 nitrogen and oxygen atoms in total. The number of aromatic hydroxyl groups is 2. The van der Waals surface area contributed by atoms with Crippen LogP contribution in [-0.2, 0) is 23.8 Å². The summed E-state index contributed by atoms with van der Waals surface area (Å²) in [5.74, 6) is -3.38. The van der Waals surface area contributed by atoms with Crippen molar-refractivity contribution in [2.24, 2.45) is 0 Å². The molecular formula is C24H18O8. The van der Waals surface area contributed by atoms with Crippen LogP contribution in [0, 0.1) is 0 Å². The molecule has 0 amide bonds. The topological polar surface area (TPSA) is 123 Å². The highest BCUT2D eigenvalue weighted by Gasteiger charge is 2.53. The fraction of sp³-hybridized carbons (Fsp3) is 0.167. The second kappa shape index (κ2) is 7.08. The van der Waals surface area contributed by atoms with Crippen molar-refractivity contribution in [1.82, 2.24) is 0 Å². The summed E-state index contributed by atoms with van der Waals surface area (Å²) < 4.78 is 17.8. The van der Waals surface area contributed by atoms with Crippen LogP contribution in [0.2, 0.25) is 0 Å². The standard InChI is InChI=1S/C24H18O8/c1-12-17(27)10-11-24(30-12)31-22-18(13-2-6-15(25)7-3-13)20(28)21(29)19(23(22)32-24)14-4-8-16(26)9-5-14/h2-12,17,25-27H,1H3/t12-,17+/m1/s1. The summed E-state index contributed by atoms with van der Waals surface area (Å²) in [5, 5.41) is 29.2. The highest BCUT2D eigenvalue weighted by molar-refractivity contribution is 6.66. The Balaban J connectivity index is 1.75. The first-order chi connectivity index (χ1) is 15.3. The number of carbonyl (C=O) groups excluding carboxylic acids is 2. The third-order valence-corrected chi connectivity index (χ3v) is 5.45. The summed E-state index contributed by atoms with van der Waals surface area (Å²) >= 11 is 0. The van der Waals surface area contributed by atoms with Gasteiger partial charge in [0.05, 0.1) is 23.4 Å². The number of allylic oxidation sites excluding steroid dienone is 2. The number of rotatable bonds is 2. The van der Waals surface area contributed by atoms with E-state index in [9.17, 15) is 24.9 Å². The molecule has 1 fully saturated rings. The van der Waals surface area contributed by atoms with Crippen LogP contribution in [0.4, 0.5) is 0 Å². The van der Waals surface area contributed by atoms with Gasteiger partial charge in [0.15, 0.2) is 11.5 Å².